The van der Waals surface area contributed by atoms with E-state index in [0.717, 1.165) is 9.79 Å². The highest BCUT2D eigenvalue weighted by Gasteiger charge is 2.10. The molecule has 0 heterocycles. The van der Waals surface area contributed by atoms with E-state index in [1.807, 2.05) is 11.8 Å². The Labute approximate surface area is 130 Å². The molecule has 2 aromatic carbocycles. The molecule has 0 aromatic heterocycles. The minimum Gasteiger partial charge on any atom is -0.143 e. The molecule has 0 nitrogen and oxygen atoms in total. The van der Waals surface area contributed by atoms with Gasteiger partial charge in [-0.05, 0) is 74.2 Å². The zero-order valence-electron chi connectivity index (χ0n) is 11.6. The summed E-state index contributed by atoms with van der Waals surface area (Å²) in [5.74, 6) is 0. The Morgan fingerprint density at radius 3 is 1.16 bits per heavy atom. The van der Waals surface area contributed by atoms with Crippen molar-refractivity contribution >= 4 is 37.0 Å². The normalized spacial score (nSPS) is 10.8. The summed E-state index contributed by atoms with van der Waals surface area (Å²) in [6.07, 6.45) is 0. The molecule has 0 aliphatic heterocycles. The fraction of sp³-hybridized carbons (Fsp3) is 0.250. The zero-order valence-corrected chi connectivity index (χ0v) is 14.2. The van der Waals surface area contributed by atoms with Crippen molar-refractivity contribution in [3.63, 3.8) is 0 Å². The predicted molar refractivity (Wildman–Crippen MR) is 90.5 cm³/mol. The molecular formula is C16H18S3. The maximum atomic E-state index is 4.43. The Balaban J connectivity index is 2.48. The lowest BCUT2D eigenvalue weighted by atomic mass is 10.1. The van der Waals surface area contributed by atoms with Crippen LogP contribution in [0.5, 0.6) is 0 Å². The van der Waals surface area contributed by atoms with Gasteiger partial charge in [-0.2, -0.15) is 0 Å². The molecule has 0 spiro atoms. The van der Waals surface area contributed by atoms with Crippen LogP contribution in [0.1, 0.15) is 22.3 Å². The quantitative estimate of drug-likeness (QED) is 0.676. The molecule has 0 saturated heterocycles. The topological polar surface area (TPSA) is 0 Å². The fourth-order valence-corrected chi connectivity index (χ4v) is 4.14. The van der Waals surface area contributed by atoms with E-state index in [-0.39, 0.29) is 0 Å². The summed E-state index contributed by atoms with van der Waals surface area (Å²) in [5.41, 5.74) is 5.13. The van der Waals surface area contributed by atoms with E-state index in [1.165, 1.54) is 32.0 Å². The van der Waals surface area contributed by atoms with Crippen LogP contribution in [-0.4, -0.2) is 0 Å². The molecule has 0 radical (unpaired) electrons. The summed E-state index contributed by atoms with van der Waals surface area (Å²) in [7, 11) is 0. The van der Waals surface area contributed by atoms with Crippen molar-refractivity contribution in [2.24, 2.45) is 0 Å². The third-order valence-electron chi connectivity index (χ3n) is 3.09. The predicted octanol–water partition coefficient (Wildman–Crippen LogP) is 5.65. The van der Waals surface area contributed by atoms with Crippen molar-refractivity contribution in [3.8, 4) is 0 Å². The van der Waals surface area contributed by atoms with Crippen molar-refractivity contribution in [1.29, 1.82) is 0 Å². The molecule has 0 amide bonds. The van der Waals surface area contributed by atoms with Crippen LogP contribution < -0.4 is 0 Å². The third-order valence-corrected chi connectivity index (χ3v) is 5.31. The molecule has 0 saturated carbocycles. The molecule has 2 aromatic rings. The van der Waals surface area contributed by atoms with Gasteiger partial charge in [0.2, 0.25) is 0 Å². The van der Waals surface area contributed by atoms with Gasteiger partial charge < -0.3 is 0 Å². The van der Waals surface area contributed by atoms with Crippen molar-refractivity contribution in [2.75, 3.05) is 0 Å². The molecule has 0 bridgehead atoms. The Morgan fingerprint density at radius 1 is 0.632 bits per heavy atom. The van der Waals surface area contributed by atoms with E-state index in [2.05, 4.69) is 77.2 Å². The zero-order chi connectivity index (χ0) is 14.2. The summed E-state index contributed by atoms with van der Waals surface area (Å²) < 4.78 is 0. The molecule has 3 heteroatoms. The smallest absolute Gasteiger partial charge is 0.0181 e. The van der Waals surface area contributed by atoms with Gasteiger partial charge in [0, 0.05) is 19.6 Å². The number of hydrogen-bond acceptors (Lipinski definition) is 3. The second-order valence-electron chi connectivity index (χ2n) is 4.92. The van der Waals surface area contributed by atoms with Crippen LogP contribution in [0.3, 0.4) is 0 Å². The van der Waals surface area contributed by atoms with Crippen molar-refractivity contribution in [3.05, 3.63) is 46.5 Å². The second kappa shape index (κ2) is 5.86. The lowest BCUT2D eigenvalue weighted by Crippen LogP contribution is -1.90. The number of thiol groups is 2. The average Bonchev–Trinajstić information content (AvgIpc) is 2.25. The number of benzene rings is 2. The Hall–Kier alpha value is -0.510. The van der Waals surface area contributed by atoms with Crippen LogP contribution in [-0.2, 0) is 0 Å². The van der Waals surface area contributed by atoms with E-state index < -0.39 is 0 Å². The standard InChI is InChI=1S/C16H18S3/c1-9-5-13(17)6-10(2)15(9)19-16-11(3)7-14(18)8-12(16)4/h5-8,17-18H,1-4H3. The molecule has 0 unspecified atom stereocenters. The van der Waals surface area contributed by atoms with Gasteiger partial charge in [0.25, 0.3) is 0 Å². The van der Waals surface area contributed by atoms with Crippen molar-refractivity contribution in [2.45, 2.75) is 47.3 Å². The van der Waals surface area contributed by atoms with Crippen LogP contribution >= 0.6 is 37.0 Å². The largest absolute Gasteiger partial charge is 0.143 e. The first-order valence-corrected chi connectivity index (χ1v) is 7.88. The summed E-state index contributed by atoms with van der Waals surface area (Å²) >= 11 is 10.7. The molecule has 0 N–H and O–H groups in total. The minimum atomic E-state index is 1.03. The van der Waals surface area contributed by atoms with Gasteiger partial charge in [0.1, 0.15) is 0 Å². The van der Waals surface area contributed by atoms with E-state index in [0.29, 0.717) is 0 Å². The van der Waals surface area contributed by atoms with Gasteiger partial charge in [0.15, 0.2) is 0 Å². The Morgan fingerprint density at radius 2 is 0.895 bits per heavy atom. The van der Waals surface area contributed by atoms with Crippen molar-refractivity contribution in [1.82, 2.24) is 0 Å². The highest BCUT2D eigenvalue weighted by Crippen LogP contribution is 2.38. The highest BCUT2D eigenvalue weighted by molar-refractivity contribution is 7.99. The Kier molecular flexibility index (Phi) is 4.59. The molecule has 0 atom stereocenters. The lowest BCUT2D eigenvalue weighted by molar-refractivity contribution is 1.14. The maximum Gasteiger partial charge on any atom is 0.0181 e. The van der Waals surface area contributed by atoms with E-state index in [4.69, 9.17) is 0 Å². The molecule has 0 aliphatic carbocycles. The summed E-state index contributed by atoms with van der Waals surface area (Å²) in [6, 6.07) is 8.48. The second-order valence-corrected chi connectivity index (χ2v) is 6.97. The SMILES string of the molecule is Cc1cc(S)cc(C)c1Sc1c(C)cc(S)cc1C. The van der Waals surface area contributed by atoms with E-state index >= 15 is 0 Å². The number of rotatable bonds is 2. The van der Waals surface area contributed by atoms with Gasteiger partial charge in [-0.25, -0.2) is 0 Å². The first-order chi connectivity index (χ1) is 8.88. The molecular weight excluding hydrogens is 288 g/mol. The van der Waals surface area contributed by atoms with Crippen molar-refractivity contribution < 1.29 is 0 Å². The van der Waals surface area contributed by atoms with Gasteiger partial charge in [0.05, 0.1) is 0 Å². The molecule has 100 valence electrons. The summed E-state index contributed by atoms with van der Waals surface area (Å²) in [6.45, 7) is 8.58. The Bertz CT molecular complexity index is 528. The van der Waals surface area contributed by atoms with Crippen LogP contribution in [0.25, 0.3) is 0 Å². The van der Waals surface area contributed by atoms with E-state index in [9.17, 15) is 0 Å². The fourth-order valence-electron chi connectivity index (χ4n) is 2.28. The van der Waals surface area contributed by atoms with E-state index in [1.54, 1.807) is 0 Å². The third kappa shape index (κ3) is 3.33. The van der Waals surface area contributed by atoms with Gasteiger partial charge in [-0.15, -0.1) is 25.3 Å². The lowest BCUT2D eigenvalue weighted by Gasteiger charge is -2.14. The molecule has 19 heavy (non-hydrogen) atoms. The summed E-state index contributed by atoms with van der Waals surface area (Å²) in [4.78, 5) is 4.71. The highest BCUT2D eigenvalue weighted by atomic mass is 32.2. The van der Waals surface area contributed by atoms with Crippen LogP contribution in [0.4, 0.5) is 0 Å². The maximum absolute atomic E-state index is 4.43. The number of aryl methyl sites for hydroxylation is 4. The molecule has 0 aliphatic rings. The minimum absolute atomic E-state index is 1.03. The first-order valence-electron chi connectivity index (χ1n) is 6.16. The molecule has 2 rings (SSSR count). The van der Waals surface area contributed by atoms with Crippen LogP contribution in [0.2, 0.25) is 0 Å². The van der Waals surface area contributed by atoms with Crippen LogP contribution in [0.15, 0.2) is 43.8 Å². The molecule has 0 fully saturated rings. The average molecular weight is 307 g/mol. The van der Waals surface area contributed by atoms with Gasteiger partial charge in [-0.1, -0.05) is 11.8 Å². The number of hydrogen-bond donors (Lipinski definition) is 2. The monoisotopic (exact) mass is 306 g/mol. The summed E-state index contributed by atoms with van der Waals surface area (Å²) in [5, 5.41) is 0. The van der Waals surface area contributed by atoms with Crippen LogP contribution in [0, 0.1) is 27.7 Å². The first kappa shape index (κ1) is 14.9. The van der Waals surface area contributed by atoms with Gasteiger partial charge >= 0.3 is 0 Å². The van der Waals surface area contributed by atoms with Gasteiger partial charge in [-0.3, -0.25) is 0 Å².